The van der Waals surface area contributed by atoms with Crippen LogP contribution in [0.2, 0.25) is 0 Å². The Hall–Kier alpha value is -2.34. The first kappa shape index (κ1) is 14.7. The molecule has 0 aliphatic rings. The van der Waals surface area contributed by atoms with E-state index in [0.717, 1.165) is 5.56 Å². The topological polar surface area (TPSA) is 87.7 Å². The highest BCUT2D eigenvalue weighted by molar-refractivity contribution is 5.91. The van der Waals surface area contributed by atoms with Crippen LogP contribution in [0.25, 0.3) is 6.08 Å². The second-order valence-corrected chi connectivity index (χ2v) is 3.59. The molecule has 0 aliphatic heterocycles. The van der Waals surface area contributed by atoms with Crippen LogP contribution in [0.1, 0.15) is 5.56 Å². The summed E-state index contributed by atoms with van der Waals surface area (Å²) in [6.45, 7) is -0.232. The number of esters is 1. The molecule has 102 valence electrons. The molecule has 0 spiro atoms. The minimum absolute atomic E-state index is 0.0444. The van der Waals surface area contributed by atoms with E-state index in [1.165, 1.54) is 7.11 Å². The second-order valence-electron chi connectivity index (χ2n) is 3.59. The van der Waals surface area contributed by atoms with Gasteiger partial charge in [0.1, 0.15) is 6.54 Å². The van der Waals surface area contributed by atoms with E-state index in [-0.39, 0.29) is 13.2 Å². The number of carbonyl (C=O) groups excluding carboxylic acids is 2. The Balaban J connectivity index is 2.54. The highest BCUT2D eigenvalue weighted by atomic mass is 16.5. The van der Waals surface area contributed by atoms with Gasteiger partial charge in [-0.2, -0.15) is 0 Å². The Morgan fingerprint density at radius 2 is 2.21 bits per heavy atom. The maximum atomic E-state index is 11.5. The van der Waals surface area contributed by atoms with Gasteiger partial charge in [-0.25, -0.2) is 4.79 Å². The predicted molar refractivity (Wildman–Crippen MR) is 71.6 cm³/mol. The van der Waals surface area contributed by atoms with Gasteiger partial charge in [0.2, 0.25) is 0 Å². The van der Waals surface area contributed by atoms with E-state index in [4.69, 9.17) is 5.11 Å². The summed E-state index contributed by atoms with van der Waals surface area (Å²) in [4.78, 5) is 22.3. The number of amides is 2. The van der Waals surface area contributed by atoms with E-state index in [1.807, 2.05) is 6.07 Å². The number of rotatable bonds is 5. The molecule has 0 radical (unpaired) electrons. The summed E-state index contributed by atoms with van der Waals surface area (Å²) in [5.74, 6) is -0.519. The van der Waals surface area contributed by atoms with Crippen LogP contribution in [0.15, 0.2) is 30.3 Å². The first-order chi connectivity index (χ1) is 9.15. The van der Waals surface area contributed by atoms with Crippen molar-refractivity contribution in [2.75, 3.05) is 25.6 Å². The molecule has 2 amide bonds. The number of hydrogen-bond acceptors (Lipinski definition) is 4. The van der Waals surface area contributed by atoms with E-state index < -0.39 is 12.0 Å². The SMILES string of the molecule is COC(=O)CNC(=O)Nc1cccc(/C=C/CO)c1. The summed E-state index contributed by atoms with van der Waals surface area (Å²) >= 11 is 0. The first-order valence-electron chi connectivity index (χ1n) is 5.65. The van der Waals surface area contributed by atoms with E-state index in [2.05, 4.69) is 15.4 Å². The van der Waals surface area contributed by atoms with Crippen LogP contribution >= 0.6 is 0 Å². The van der Waals surface area contributed by atoms with Gasteiger partial charge >= 0.3 is 12.0 Å². The third-order valence-corrected chi connectivity index (χ3v) is 2.18. The van der Waals surface area contributed by atoms with Gasteiger partial charge in [0, 0.05) is 5.69 Å². The van der Waals surface area contributed by atoms with Crippen molar-refractivity contribution >= 4 is 23.8 Å². The zero-order chi connectivity index (χ0) is 14.1. The first-order valence-corrected chi connectivity index (χ1v) is 5.65. The third kappa shape index (κ3) is 5.69. The van der Waals surface area contributed by atoms with Gasteiger partial charge in [0.15, 0.2) is 0 Å². The van der Waals surface area contributed by atoms with Crippen molar-refractivity contribution in [1.82, 2.24) is 5.32 Å². The Kier molecular flexibility index (Phi) is 6.11. The molecule has 6 nitrogen and oxygen atoms in total. The number of ether oxygens (including phenoxy) is 1. The van der Waals surface area contributed by atoms with Crippen LogP contribution in [-0.4, -0.2) is 37.4 Å². The predicted octanol–water partition coefficient (Wildman–Crippen LogP) is 0.987. The molecule has 0 heterocycles. The van der Waals surface area contributed by atoms with Crippen molar-refractivity contribution in [2.45, 2.75) is 0 Å². The maximum Gasteiger partial charge on any atom is 0.325 e. The number of aliphatic hydroxyl groups is 1. The van der Waals surface area contributed by atoms with Crippen molar-refractivity contribution in [1.29, 1.82) is 0 Å². The molecular weight excluding hydrogens is 248 g/mol. The number of urea groups is 1. The molecule has 0 aromatic heterocycles. The van der Waals surface area contributed by atoms with Gasteiger partial charge < -0.3 is 20.5 Å². The number of benzene rings is 1. The van der Waals surface area contributed by atoms with Crippen LogP contribution in [0.5, 0.6) is 0 Å². The van der Waals surface area contributed by atoms with Gasteiger partial charge in [-0.05, 0) is 17.7 Å². The van der Waals surface area contributed by atoms with Gasteiger partial charge in [0.05, 0.1) is 13.7 Å². The summed E-state index contributed by atoms with van der Waals surface area (Å²) in [6.07, 6.45) is 3.33. The van der Waals surface area contributed by atoms with Crippen LogP contribution in [-0.2, 0) is 9.53 Å². The van der Waals surface area contributed by atoms with Crippen molar-refractivity contribution in [3.05, 3.63) is 35.9 Å². The lowest BCUT2D eigenvalue weighted by Gasteiger charge is -2.07. The van der Waals surface area contributed by atoms with Crippen LogP contribution in [0.3, 0.4) is 0 Å². The summed E-state index contributed by atoms with van der Waals surface area (Å²) in [5, 5.41) is 13.6. The minimum Gasteiger partial charge on any atom is -0.468 e. The molecular formula is C13H16N2O4. The van der Waals surface area contributed by atoms with Crippen molar-refractivity contribution in [2.24, 2.45) is 0 Å². The molecule has 0 unspecified atom stereocenters. The van der Waals surface area contributed by atoms with Crippen LogP contribution in [0, 0.1) is 0 Å². The fourth-order valence-corrected chi connectivity index (χ4v) is 1.31. The molecule has 0 bridgehead atoms. The van der Waals surface area contributed by atoms with Crippen molar-refractivity contribution in [3.8, 4) is 0 Å². The summed E-state index contributed by atoms with van der Waals surface area (Å²) in [7, 11) is 1.25. The molecule has 0 saturated carbocycles. The molecule has 3 N–H and O–H groups in total. The molecule has 1 rings (SSSR count). The highest BCUT2D eigenvalue weighted by Crippen LogP contribution is 2.11. The number of hydrogen-bond donors (Lipinski definition) is 3. The van der Waals surface area contributed by atoms with Gasteiger partial charge in [0.25, 0.3) is 0 Å². The van der Waals surface area contributed by atoms with Crippen LogP contribution < -0.4 is 10.6 Å². The average Bonchev–Trinajstić information content (AvgIpc) is 2.43. The van der Waals surface area contributed by atoms with Crippen LogP contribution in [0.4, 0.5) is 10.5 Å². The Morgan fingerprint density at radius 3 is 2.89 bits per heavy atom. The number of carbonyl (C=O) groups is 2. The highest BCUT2D eigenvalue weighted by Gasteiger charge is 2.05. The van der Waals surface area contributed by atoms with Gasteiger partial charge in [-0.1, -0.05) is 24.3 Å². The van der Waals surface area contributed by atoms with E-state index in [0.29, 0.717) is 5.69 Å². The zero-order valence-electron chi connectivity index (χ0n) is 10.6. The third-order valence-electron chi connectivity index (χ3n) is 2.18. The monoisotopic (exact) mass is 264 g/mol. The smallest absolute Gasteiger partial charge is 0.325 e. The molecule has 0 aliphatic carbocycles. The quantitative estimate of drug-likeness (QED) is 0.692. The molecule has 0 atom stereocenters. The number of nitrogens with one attached hydrogen (secondary N) is 2. The normalized spacial score (nSPS) is 10.2. The summed E-state index contributed by atoms with van der Waals surface area (Å²) in [5.41, 5.74) is 1.43. The summed E-state index contributed by atoms with van der Waals surface area (Å²) in [6, 6.07) is 6.57. The molecule has 19 heavy (non-hydrogen) atoms. The van der Waals surface area contributed by atoms with E-state index >= 15 is 0 Å². The Labute approximate surface area is 111 Å². The summed E-state index contributed by atoms with van der Waals surface area (Å²) < 4.78 is 4.40. The van der Waals surface area contributed by atoms with Crippen molar-refractivity contribution < 1.29 is 19.4 Å². The number of methoxy groups -OCH3 is 1. The molecule has 1 aromatic rings. The van der Waals surface area contributed by atoms with E-state index in [9.17, 15) is 9.59 Å². The molecule has 1 aromatic carbocycles. The second kappa shape index (κ2) is 7.88. The van der Waals surface area contributed by atoms with Crippen molar-refractivity contribution in [3.63, 3.8) is 0 Å². The van der Waals surface area contributed by atoms with Gasteiger partial charge in [-0.15, -0.1) is 0 Å². The standard InChI is InChI=1S/C13H16N2O4/c1-19-12(17)9-14-13(18)15-11-6-2-4-10(8-11)5-3-7-16/h2-6,8,16H,7,9H2,1H3,(H2,14,15,18)/b5-3+. The number of aliphatic hydroxyl groups excluding tert-OH is 1. The molecule has 6 heteroatoms. The Bertz CT molecular complexity index is 471. The zero-order valence-corrected chi connectivity index (χ0v) is 10.6. The fraction of sp³-hybridized carbons (Fsp3) is 0.231. The van der Waals surface area contributed by atoms with Gasteiger partial charge in [-0.3, -0.25) is 4.79 Å². The molecule has 0 saturated heterocycles. The largest absolute Gasteiger partial charge is 0.468 e. The Morgan fingerprint density at radius 1 is 1.42 bits per heavy atom. The lowest BCUT2D eigenvalue weighted by molar-refractivity contribution is -0.139. The lowest BCUT2D eigenvalue weighted by Crippen LogP contribution is -2.33. The lowest BCUT2D eigenvalue weighted by atomic mass is 10.2. The maximum absolute atomic E-state index is 11.5. The number of anilines is 1. The van der Waals surface area contributed by atoms with E-state index in [1.54, 1.807) is 30.4 Å². The molecule has 0 fully saturated rings. The minimum atomic E-state index is -0.519. The fourth-order valence-electron chi connectivity index (χ4n) is 1.31. The average molecular weight is 264 g/mol.